The van der Waals surface area contributed by atoms with Crippen molar-refractivity contribution < 1.29 is 24.0 Å². The van der Waals surface area contributed by atoms with Crippen LogP contribution in [0.15, 0.2) is 84.9 Å². The minimum atomic E-state index is -0.689. The van der Waals surface area contributed by atoms with Gasteiger partial charge in [0.25, 0.3) is 11.8 Å². The number of nitrogens with one attached hydrogen (secondary N) is 4. The predicted molar refractivity (Wildman–Crippen MR) is 247 cm³/mol. The summed E-state index contributed by atoms with van der Waals surface area (Å²) in [6, 6.07) is 26.7. The van der Waals surface area contributed by atoms with Gasteiger partial charge in [0, 0.05) is 73.8 Å². The van der Waals surface area contributed by atoms with Gasteiger partial charge in [0.1, 0.15) is 0 Å². The molecule has 5 amide bonds. The number of hydrogen-bond acceptors (Lipinski definition) is 6. The smallest absolute Gasteiger partial charge is 0.253 e. The van der Waals surface area contributed by atoms with Gasteiger partial charge < -0.3 is 31.1 Å². The zero-order valence-corrected chi connectivity index (χ0v) is 37.6. The molecule has 3 aromatic rings. The van der Waals surface area contributed by atoms with Crippen molar-refractivity contribution in [2.45, 2.75) is 127 Å². The number of benzene rings is 3. The van der Waals surface area contributed by atoms with Crippen LogP contribution in [0, 0.1) is 17.8 Å². The Morgan fingerprint density at radius 3 is 1.35 bits per heavy atom. The number of rotatable bonds is 23. The summed E-state index contributed by atoms with van der Waals surface area (Å²) in [5.41, 5.74) is 3.18. The molecule has 0 radical (unpaired) electrons. The molecule has 2 saturated carbocycles. The van der Waals surface area contributed by atoms with Gasteiger partial charge in [0.2, 0.25) is 17.7 Å². The van der Waals surface area contributed by atoms with Gasteiger partial charge in [-0.2, -0.15) is 0 Å². The summed E-state index contributed by atoms with van der Waals surface area (Å²) in [6.07, 6.45) is 16.9. The minimum Gasteiger partial charge on any atom is -0.356 e. The Balaban J connectivity index is 0.888. The Morgan fingerprint density at radius 1 is 0.492 bits per heavy atom. The van der Waals surface area contributed by atoms with Crippen LogP contribution in [-0.4, -0.2) is 97.2 Å². The van der Waals surface area contributed by atoms with E-state index in [0.717, 1.165) is 25.7 Å². The van der Waals surface area contributed by atoms with E-state index in [-0.39, 0.29) is 78.5 Å². The summed E-state index contributed by atoms with van der Waals surface area (Å²) in [6.45, 7) is 3.88. The Morgan fingerprint density at radius 2 is 0.905 bits per heavy atom. The third kappa shape index (κ3) is 12.4. The minimum absolute atomic E-state index is 0.00272. The van der Waals surface area contributed by atoms with E-state index in [9.17, 15) is 24.0 Å². The maximum Gasteiger partial charge on any atom is 0.253 e. The SMILES string of the molecule is CCCCCCCCCCCCCCNC(=O)[C@@H]1CN(C(=O)c2ccc(C(=O)N3C[C@@H](C(=O)N[C@H]4C[C@@H]4c4ccccc4)[C@H](C(=O)N[C@H]4C[C@@H]4c4ccccc4)C3)cc2)C[C@H]1NC. The van der Waals surface area contributed by atoms with Crippen LogP contribution in [0.2, 0.25) is 0 Å². The summed E-state index contributed by atoms with van der Waals surface area (Å²) in [4.78, 5) is 72.1. The van der Waals surface area contributed by atoms with E-state index < -0.39 is 11.8 Å². The van der Waals surface area contributed by atoms with Gasteiger partial charge in [0.15, 0.2) is 0 Å². The fourth-order valence-corrected chi connectivity index (χ4v) is 9.88. The molecule has 0 bridgehead atoms. The standard InChI is InChI=1S/C52H70N6O5/c1-3-4-5-6-7-8-9-10-11-12-13-20-29-54-48(59)44-34-58(35-47(44)53-2)52(63)39-27-25-38(26-28-39)51(62)57-32-42(49(60)55-45-30-40(45)36-21-16-14-17-22-36)43(33-57)50(61)56-46-31-41(46)37-23-18-15-19-24-37/h14-19,21-28,40-47,53H,3-13,20,29-35H2,1-2H3,(H,54,59)(H,55,60)(H,56,61)/t40-,41-,42-,43-,44-,45+,46+,47-/m1/s1. The number of nitrogens with zero attached hydrogens (tertiary/aromatic N) is 2. The maximum atomic E-state index is 14.0. The molecule has 7 rings (SSSR count). The van der Waals surface area contributed by atoms with Crippen molar-refractivity contribution in [1.29, 1.82) is 0 Å². The molecule has 338 valence electrons. The fraction of sp³-hybridized carbons (Fsp3) is 0.558. The van der Waals surface area contributed by atoms with Gasteiger partial charge in [-0.25, -0.2) is 0 Å². The number of amides is 5. The number of likely N-dealkylation sites (tertiary alicyclic amines) is 2. The van der Waals surface area contributed by atoms with Crippen LogP contribution in [0.1, 0.15) is 140 Å². The average molecular weight is 859 g/mol. The Labute approximate surface area is 374 Å². The van der Waals surface area contributed by atoms with Crippen molar-refractivity contribution in [2.75, 3.05) is 39.8 Å². The van der Waals surface area contributed by atoms with Crippen molar-refractivity contribution in [1.82, 2.24) is 31.1 Å². The molecule has 4 aliphatic rings. The molecule has 4 fully saturated rings. The second kappa shape index (κ2) is 22.5. The first-order valence-electron chi connectivity index (χ1n) is 24.1. The molecule has 3 aromatic carbocycles. The third-order valence-electron chi connectivity index (χ3n) is 14.0. The molecule has 2 heterocycles. The quantitative estimate of drug-likeness (QED) is 0.0745. The van der Waals surface area contributed by atoms with E-state index >= 15 is 0 Å². The van der Waals surface area contributed by atoms with E-state index in [4.69, 9.17) is 0 Å². The van der Waals surface area contributed by atoms with Gasteiger partial charge in [-0.1, -0.05) is 138 Å². The molecule has 11 nitrogen and oxygen atoms in total. The van der Waals surface area contributed by atoms with E-state index in [2.05, 4.69) is 52.5 Å². The summed E-state index contributed by atoms with van der Waals surface area (Å²) in [5.74, 6) is -2.16. The lowest BCUT2D eigenvalue weighted by molar-refractivity contribution is -0.133. The van der Waals surface area contributed by atoms with Crippen LogP contribution in [0.25, 0.3) is 0 Å². The Hall–Kier alpha value is -5.03. The first-order chi connectivity index (χ1) is 30.7. The van der Waals surface area contributed by atoms with Crippen LogP contribution in [-0.2, 0) is 14.4 Å². The molecule has 2 aliphatic carbocycles. The molecular weight excluding hydrogens is 789 g/mol. The van der Waals surface area contributed by atoms with Crippen molar-refractivity contribution in [3.05, 3.63) is 107 Å². The van der Waals surface area contributed by atoms with Crippen molar-refractivity contribution in [2.24, 2.45) is 17.8 Å². The lowest BCUT2D eigenvalue weighted by Gasteiger charge is -2.18. The normalized spacial score (nSPS) is 24.8. The average Bonchev–Trinajstić information content (AvgIpc) is 4.16. The molecule has 0 aromatic heterocycles. The van der Waals surface area contributed by atoms with Crippen LogP contribution in [0.3, 0.4) is 0 Å². The number of unbranched alkanes of at least 4 members (excludes halogenated alkanes) is 11. The molecule has 0 unspecified atom stereocenters. The van der Waals surface area contributed by atoms with E-state index in [0.29, 0.717) is 30.8 Å². The van der Waals surface area contributed by atoms with Crippen molar-refractivity contribution >= 4 is 29.5 Å². The highest BCUT2D eigenvalue weighted by molar-refractivity contribution is 5.99. The summed E-state index contributed by atoms with van der Waals surface area (Å²) < 4.78 is 0. The number of carbonyl (C=O) groups is 5. The molecule has 63 heavy (non-hydrogen) atoms. The Kier molecular flexibility index (Phi) is 16.5. The lowest BCUT2D eigenvalue weighted by Crippen LogP contribution is -2.43. The lowest BCUT2D eigenvalue weighted by atomic mass is 9.94. The van der Waals surface area contributed by atoms with Crippen LogP contribution >= 0.6 is 0 Å². The summed E-state index contributed by atoms with van der Waals surface area (Å²) in [5, 5.41) is 12.8. The zero-order valence-electron chi connectivity index (χ0n) is 37.6. The van der Waals surface area contributed by atoms with Gasteiger partial charge in [-0.3, -0.25) is 24.0 Å². The highest BCUT2D eigenvalue weighted by Crippen LogP contribution is 2.42. The summed E-state index contributed by atoms with van der Waals surface area (Å²) >= 11 is 0. The molecule has 8 atom stereocenters. The maximum absolute atomic E-state index is 14.0. The molecule has 2 saturated heterocycles. The Bertz CT molecular complexity index is 1900. The van der Waals surface area contributed by atoms with Crippen LogP contribution < -0.4 is 21.3 Å². The van der Waals surface area contributed by atoms with Gasteiger partial charge in [0.05, 0.1) is 17.8 Å². The number of carbonyl (C=O) groups excluding carboxylic acids is 5. The third-order valence-corrected chi connectivity index (χ3v) is 14.0. The van der Waals surface area contributed by atoms with E-state index in [1.807, 2.05) is 43.4 Å². The van der Waals surface area contributed by atoms with Crippen LogP contribution in [0.5, 0.6) is 0 Å². The summed E-state index contributed by atoms with van der Waals surface area (Å²) in [7, 11) is 1.83. The highest BCUT2D eigenvalue weighted by Gasteiger charge is 2.49. The fourth-order valence-electron chi connectivity index (χ4n) is 9.88. The molecule has 2 aliphatic heterocycles. The molecular formula is C52H70N6O5. The van der Waals surface area contributed by atoms with E-state index in [1.165, 1.54) is 75.3 Å². The molecule has 0 spiro atoms. The predicted octanol–water partition coefficient (Wildman–Crippen LogP) is 7.20. The molecule has 11 heteroatoms. The van der Waals surface area contributed by atoms with Gasteiger partial charge in [-0.15, -0.1) is 0 Å². The number of hydrogen-bond donors (Lipinski definition) is 4. The first kappa shape index (κ1) is 46.0. The van der Waals surface area contributed by atoms with Gasteiger partial charge in [-0.05, 0) is 61.7 Å². The second-order valence-electron chi connectivity index (χ2n) is 18.6. The highest BCUT2D eigenvalue weighted by atomic mass is 16.2. The second-order valence-corrected chi connectivity index (χ2v) is 18.6. The van der Waals surface area contributed by atoms with Crippen LogP contribution in [0.4, 0.5) is 0 Å². The van der Waals surface area contributed by atoms with Crippen molar-refractivity contribution in [3.63, 3.8) is 0 Å². The number of likely N-dealkylation sites (N-methyl/N-ethyl adjacent to an activating group) is 1. The molecule has 4 N–H and O–H groups in total. The van der Waals surface area contributed by atoms with E-state index in [1.54, 1.807) is 34.1 Å². The zero-order chi connectivity index (χ0) is 44.1. The largest absolute Gasteiger partial charge is 0.356 e. The van der Waals surface area contributed by atoms with Crippen molar-refractivity contribution in [3.8, 4) is 0 Å². The first-order valence-corrected chi connectivity index (χ1v) is 24.1. The topological polar surface area (TPSA) is 140 Å². The van der Waals surface area contributed by atoms with Gasteiger partial charge >= 0.3 is 0 Å². The monoisotopic (exact) mass is 859 g/mol.